The molecule has 44 valence electrons. The van der Waals surface area contributed by atoms with E-state index in [0.29, 0.717) is 10.5 Å². The first-order valence-corrected chi connectivity index (χ1v) is 4.30. The van der Waals surface area contributed by atoms with E-state index in [1.807, 2.05) is 0 Å². The topological polar surface area (TPSA) is 49.7 Å². The minimum absolute atomic E-state index is 0.144. The lowest BCUT2D eigenvalue weighted by Crippen LogP contribution is -2.22. The highest BCUT2D eigenvalue weighted by Crippen LogP contribution is 1.73. The highest BCUT2D eigenvalue weighted by Gasteiger charge is 1.98. The third-order valence-electron chi connectivity index (χ3n) is 0.570. The Kier molecular flexibility index (Phi) is 4.67. The fourth-order valence-electron chi connectivity index (χ4n) is 0.245. The van der Waals surface area contributed by atoms with Gasteiger partial charge in [-0.2, -0.15) is 0 Å². The molecule has 0 amide bonds. The molecule has 0 aliphatic heterocycles. The van der Waals surface area contributed by atoms with E-state index in [0.717, 1.165) is 0 Å². The fourth-order valence-corrected chi connectivity index (χ4v) is 1.89. The van der Waals surface area contributed by atoms with Crippen molar-refractivity contribution in [2.45, 2.75) is 5.73 Å². The number of rotatable bonds is 3. The molecule has 5 heteroatoms. The summed E-state index contributed by atoms with van der Waals surface area (Å²) in [5.74, 6) is 0. The molecule has 1 unspecified atom stereocenters. The van der Waals surface area contributed by atoms with Crippen molar-refractivity contribution in [3.05, 3.63) is 0 Å². The molecule has 0 bridgehead atoms. The molecule has 3 nitrogen and oxygen atoms in total. The molecule has 0 rings (SSSR count). The largest absolute Gasteiger partial charge is 0.466 e. The van der Waals surface area contributed by atoms with E-state index in [2.05, 4.69) is 0 Å². The van der Waals surface area contributed by atoms with Crippen LogP contribution in [0, 0.1) is 0 Å². The molecule has 0 aromatic heterocycles. The monoisotopic (exact) mass is 138 g/mol. The standard InChI is InChI=1S/C2H10O3Si2/c3-1-2(4)7-5-6/h2-4H,1,7H2,6H3. The van der Waals surface area contributed by atoms with E-state index in [-0.39, 0.29) is 6.61 Å². The van der Waals surface area contributed by atoms with Gasteiger partial charge in [0.2, 0.25) is 0 Å². The smallest absolute Gasteiger partial charge is 0.178 e. The highest BCUT2D eigenvalue weighted by atomic mass is 28.3. The van der Waals surface area contributed by atoms with Crippen LogP contribution in [-0.2, 0) is 4.12 Å². The zero-order chi connectivity index (χ0) is 5.70. The fraction of sp³-hybridized carbons (Fsp3) is 1.00. The van der Waals surface area contributed by atoms with Gasteiger partial charge in [0.05, 0.1) is 12.3 Å². The van der Waals surface area contributed by atoms with Gasteiger partial charge >= 0.3 is 0 Å². The number of hydrogen-bond acceptors (Lipinski definition) is 3. The SMILES string of the molecule is OCC(O)[SiH2]O[SiH3]. The van der Waals surface area contributed by atoms with Gasteiger partial charge in [-0.1, -0.05) is 0 Å². The maximum absolute atomic E-state index is 8.57. The quantitative estimate of drug-likeness (QED) is 0.401. The Bertz CT molecular complexity index is 41.9. The van der Waals surface area contributed by atoms with E-state index in [1.165, 1.54) is 0 Å². The number of hydrogen-bond donors (Lipinski definition) is 2. The Hall–Kier alpha value is 0.314. The summed E-state index contributed by atoms with van der Waals surface area (Å²) < 4.78 is 4.76. The Morgan fingerprint density at radius 2 is 2.43 bits per heavy atom. The highest BCUT2D eigenvalue weighted by molar-refractivity contribution is 6.35. The summed E-state index contributed by atoms with van der Waals surface area (Å²) in [5.41, 5.74) is -0.544. The molecule has 0 saturated heterocycles. The van der Waals surface area contributed by atoms with E-state index < -0.39 is 15.5 Å². The van der Waals surface area contributed by atoms with Crippen LogP contribution in [0.4, 0.5) is 0 Å². The molecular formula is C2H10O3Si2. The third-order valence-corrected chi connectivity index (χ3v) is 2.55. The third kappa shape index (κ3) is 4.16. The molecular weight excluding hydrogens is 128 g/mol. The Morgan fingerprint density at radius 1 is 1.86 bits per heavy atom. The molecule has 0 heterocycles. The van der Waals surface area contributed by atoms with Gasteiger partial charge in [-0.15, -0.1) is 0 Å². The minimum Gasteiger partial charge on any atom is -0.466 e. The van der Waals surface area contributed by atoms with Gasteiger partial charge in [0.1, 0.15) is 10.5 Å². The zero-order valence-electron chi connectivity index (χ0n) is 4.29. The summed E-state index contributed by atoms with van der Waals surface area (Å²) in [7, 11) is -0.105. The molecule has 0 aliphatic rings. The lowest BCUT2D eigenvalue weighted by Gasteiger charge is -2.01. The summed E-state index contributed by atoms with van der Waals surface area (Å²) in [6.45, 7) is -0.144. The molecule has 1 atom stereocenters. The summed E-state index contributed by atoms with van der Waals surface area (Å²) >= 11 is 0. The first-order valence-electron chi connectivity index (χ1n) is 2.09. The van der Waals surface area contributed by atoms with Gasteiger partial charge in [0.15, 0.2) is 9.76 Å². The second-order valence-electron chi connectivity index (χ2n) is 1.29. The average Bonchev–Trinajstić information content (AvgIpc) is 1.68. The first kappa shape index (κ1) is 7.31. The van der Waals surface area contributed by atoms with E-state index in [4.69, 9.17) is 14.3 Å². The zero-order valence-corrected chi connectivity index (χ0v) is 7.71. The predicted molar refractivity (Wildman–Crippen MR) is 32.7 cm³/mol. The Labute approximate surface area is 47.8 Å². The van der Waals surface area contributed by atoms with Crippen molar-refractivity contribution >= 4 is 20.2 Å². The first-order chi connectivity index (χ1) is 3.31. The number of aliphatic hydroxyl groups is 2. The Balaban J connectivity index is 2.83. The van der Waals surface area contributed by atoms with E-state index >= 15 is 0 Å². The molecule has 0 aromatic rings. The van der Waals surface area contributed by atoms with Crippen LogP contribution in [0.15, 0.2) is 0 Å². The van der Waals surface area contributed by atoms with Crippen LogP contribution in [0.25, 0.3) is 0 Å². The molecule has 7 heavy (non-hydrogen) atoms. The van der Waals surface area contributed by atoms with Crippen LogP contribution >= 0.6 is 0 Å². The predicted octanol–water partition coefficient (Wildman–Crippen LogP) is -3.32. The van der Waals surface area contributed by atoms with Crippen molar-refractivity contribution in [3.63, 3.8) is 0 Å². The van der Waals surface area contributed by atoms with Gasteiger partial charge < -0.3 is 14.3 Å². The van der Waals surface area contributed by atoms with Crippen molar-refractivity contribution in [2.75, 3.05) is 6.61 Å². The molecule has 0 aromatic carbocycles. The summed E-state index contributed by atoms with van der Waals surface area (Å²) in [6.07, 6.45) is 0. The summed E-state index contributed by atoms with van der Waals surface area (Å²) in [4.78, 5) is 0. The van der Waals surface area contributed by atoms with Gasteiger partial charge in [-0.3, -0.25) is 0 Å². The van der Waals surface area contributed by atoms with Gasteiger partial charge in [-0.25, -0.2) is 0 Å². The van der Waals surface area contributed by atoms with Gasteiger partial charge in [0, 0.05) is 0 Å². The van der Waals surface area contributed by atoms with Crippen LogP contribution in [0.5, 0.6) is 0 Å². The van der Waals surface area contributed by atoms with Crippen LogP contribution in [0.1, 0.15) is 0 Å². The lowest BCUT2D eigenvalue weighted by atomic mass is 10.8. The van der Waals surface area contributed by atoms with Crippen LogP contribution in [-0.4, -0.2) is 42.8 Å². The lowest BCUT2D eigenvalue weighted by molar-refractivity contribution is 0.145. The van der Waals surface area contributed by atoms with Crippen LogP contribution < -0.4 is 0 Å². The Morgan fingerprint density at radius 3 is 2.57 bits per heavy atom. The molecule has 0 radical (unpaired) electrons. The minimum atomic E-state index is -0.787. The van der Waals surface area contributed by atoms with Crippen LogP contribution in [0.2, 0.25) is 0 Å². The summed E-state index contributed by atoms with van der Waals surface area (Å²) in [5, 5.41) is 16.8. The second kappa shape index (κ2) is 4.47. The average molecular weight is 138 g/mol. The maximum atomic E-state index is 8.57. The number of aliphatic hydroxyl groups excluding tert-OH is 2. The molecule has 0 fully saturated rings. The second-order valence-corrected chi connectivity index (χ2v) is 4.88. The molecule has 0 spiro atoms. The van der Waals surface area contributed by atoms with Crippen molar-refractivity contribution in [3.8, 4) is 0 Å². The molecule has 0 saturated carbocycles. The van der Waals surface area contributed by atoms with Crippen LogP contribution in [0.3, 0.4) is 0 Å². The van der Waals surface area contributed by atoms with Crippen molar-refractivity contribution < 1.29 is 14.3 Å². The van der Waals surface area contributed by atoms with E-state index in [1.54, 1.807) is 0 Å². The van der Waals surface area contributed by atoms with Gasteiger partial charge in [-0.05, 0) is 0 Å². The van der Waals surface area contributed by atoms with Crippen molar-refractivity contribution in [1.82, 2.24) is 0 Å². The normalized spacial score (nSPS) is 16.3. The van der Waals surface area contributed by atoms with Gasteiger partial charge in [0.25, 0.3) is 0 Å². The molecule has 0 aliphatic carbocycles. The maximum Gasteiger partial charge on any atom is 0.178 e. The molecule has 2 N–H and O–H groups in total. The van der Waals surface area contributed by atoms with E-state index in [9.17, 15) is 0 Å². The van der Waals surface area contributed by atoms with Crippen molar-refractivity contribution in [1.29, 1.82) is 0 Å². The summed E-state index contributed by atoms with van der Waals surface area (Å²) in [6, 6.07) is 0. The van der Waals surface area contributed by atoms with Crippen molar-refractivity contribution in [2.24, 2.45) is 0 Å².